The van der Waals surface area contributed by atoms with Gasteiger partial charge in [0.15, 0.2) is 0 Å². The second-order valence-electron chi connectivity index (χ2n) is 2.91. The van der Waals surface area contributed by atoms with Crippen molar-refractivity contribution in [1.29, 1.82) is 5.26 Å². The lowest BCUT2D eigenvalue weighted by Crippen LogP contribution is -2.18. The molecule has 0 saturated heterocycles. The highest BCUT2D eigenvalue weighted by Gasteiger charge is 2.12. The molecule has 1 rings (SSSR count). The number of nitrogens with one attached hydrogen (secondary N) is 1. The average molecular weight is 263 g/mol. The van der Waals surface area contributed by atoms with E-state index in [0.717, 1.165) is 12.1 Å². The Morgan fingerprint density at radius 3 is 2.75 bits per heavy atom. The van der Waals surface area contributed by atoms with Crippen molar-refractivity contribution in [2.24, 2.45) is 0 Å². The first-order valence-corrected chi connectivity index (χ1v) is 6.43. The zero-order valence-corrected chi connectivity index (χ0v) is 9.65. The smallest absolute Gasteiger partial charge is 0.233 e. The third-order valence-corrected chi connectivity index (χ3v) is 3.40. The molecule has 0 radical (unpaired) electrons. The lowest BCUT2D eigenvalue weighted by Gasteiger charge is -2.07. The zero-order valence-electron chi connectivity index (χ0n) is 8.07. The van der Waals surface area contributed by atoms with Crippen LogP contribution in [0, 0.1) is 17.1 Å². The summed E-state index contributed by atoms with van der Waals surface area (Å²) in [5.41, 5.74) is -0.0211. The molecule has 0 amide bonds. The van der Waals surface area contributed by atoms with E-state index in [1.807, 2.05) is 0 Å². The number of anilines is 1. The van der Waals surface area contributed by atoms with Gasteiger partial charge in [-0.1, -0.05) is 0 Å². The number of rotatable bonds is 4. The van der Waals surface area contributed by atoms with Crippen LogP contribution in [0.25, 0.3) is 0 Å². The quantitative estimate of drug-likeness (QED) is 0.840. The topological polar surface area (TPSA) is 70.0 Å². The molecule has 4 nitrogen and oxygen atoms in total. The number of nitriles is 1. The minimum Gasteiger partial charge on any atom is -0.282 e. The van der Waals surface area contributed by atoms with Crippen LogP contribution in [0.2, 0.25) is 0 Å². The molecule has 0 saturated carbocycles. The molecule has 0 spiro atoms. The minimum absolute atomic E-state index is 0.0500. The van der Waals surface area contributed by atoms with Gasteiger partial charge < -0.3 is 0 Å². The van der Waals surface area contributed by atoms with Crippen LogP contribution in [0.5, 0.6) is 0 Å². The van der Waals surface area contributed by atoms with Gasteiger partial charge in [0.1, 0.15) is 11.9 Å². The molecule has 86 valence electrons. The summed E-state index contributed by atoms with van der Waals surface area (Å²) in [6.45, 7) is 0. The highest BCUT2D eigenvalue weighted by molar-refractivity contribution is 7.92. The second-order valence-corrected chi connectivity index (χ2v) is 5.13. The fraction of sp³-hybridized carbons (Fsp3) is 0.222. The van der Waals surface area contributed by atoms with Gasteiger partial charge in [0, 0.05) is 5.88 Å². The van der Waals surface area contributed by atoms with Crippen molar-refractivity contribution in [2.45, 2.75) is 0 Å². The van der Waals surface area contributed by atoms with Crippen LogP contribution in [-0.4, -0.2) is 20.1 Å². The van der Waals surface area contributed by atoms with Crippen LogP contribution in [0.3, 0.4) is 0 Å². The van der Waals surface area contributed by atoms with E-state index < -0.39 is 15.8 Å². The summed E-state index contributed by atoms with van der Waals surface area (Å²) in [5, 5.41) is 8.69. The van der Waals surface area contributed by atoms with Gasteiger partial charge in [-0.05, 0) is 18.2 Å². The number of hydrogen-bond acceptors (Lipinski definition) is 3. The Hall–Kier alpha value is -1.32. The van der Waals surface area contributed by atoms with E-state index in [0.29, 0.717) is 0 Å². The number of nitrogens with zero attached hydrogens (tertiary/aromatic N) is 1. The Balaban J connectivity index is 3.03. The Bertz CT molecular complexity index is 525. The van der Waals surface area contributed by atoms with Crippen molar-refractivity contribution in [3.63, 3.8) is 0 Å². The lowest BCUT2D eigenvalue weighted by molar-refractivity contribution is 0.602. The van der Waals surface area contributed by atoms with E-state index in [9.17, 15) is 12.8 Å². The Morgan fingerprint density at radius 2 is 2.19 bits per heavy atom. The second kappa shape index (κ2) is 5.14. The van der Waals surface area contributed by atoms with E-state index in [1.165, 1.54) is 6.07 Å². The molecule has 0 fully saturated rings. The monoisotopic (exact) mass is 262 g/mol. The molecule has 7 heteroatoms. The third kappa shape index (κ3) is 3.36. The fourth-order valence-electron chi connectivity index (χ4n) is 1.02. The molecular weight excluding hydrogens is 255 g/mol. The Kier molecular flexibility index (Phi) is 4.10. The highest BCUT2D eigenvalue weighted by Crippen LogP contribution is 2.17. The first-order valence-electron chi connectivity index (χ1n) is 4.24. The summed E-state index contributed by atoms with van der Waals surface area (Å²) < 4.78 is 37.6. The third-order valence-electron chi connectivity index (χ3n) is 1.71. The Labute approximate surface area is 97.7 Å². The summed E-state index contributed by atoms with van der Waals surface area (Å²) >= 11 is 5.31. The molecule has 1 aromatic rings. The maximum absolute atomic E-state index is 12.8. The molecule has 1 N–H and O–H groups in total. The maximum Gasteiger partial charge on any atom is 0.233 e. The van der Waals surface area contributed by atoms with Crippen molar-refractivity contribution in [3.05, 3.63) is 29.6 Å². The van der Waals surface area contributed by atoms with E-state index in [1.54, 1.807) is 6.07 Å². The van der Waals surface area contributed by atoms with Crippen LogP contribution >= 0.6 is 11.6 Å². The summed E-state index contributed by atoms with van der Waals surface area (Å²) in [5.74, 6) is -0.924. The number of hydrogen-bond donors (Lipinski definition) is 1. The van der Waals surface area contributed by atoms with E-state index >= 15 is 0 Å². The normalized spacial score (nSPS) is 10.8. The van der Waals surface area contributed by atoms with Gasteiger partial charge in [-0.25, -0.2) is 12.8 Å². The fourth-order valence-corrected chi connectivity index (χ4v) is 2.45. The highest BCUT2D eigenvalue weighted by atomic mass is 35.5. The molecule has 0 unspecified atom stereocenters. The van der Waals surface area contributed by atoms with Crippen molar-refractivity contribution in [2.75, 3.05) is 16.4 Å². The zero-order chi connectivity index (χ0) is 12.2. The van der Waals surface area contributed by atoms with Crippen LogP contribution < -0.4 is 4.72 Å². The molecule has 0 aliphatic heterocycles. The maximum atomic E-state index is 12.8. The van der Waals surface area contributed by atoms with E-state index in [2.05, 4.69) is 4.72 Å². The number of benzene rings is 1. The molecule has 0 aromatic heterocycles. The predicted octanol–water partition coefficient (Wildman–Crippen LogP) is 1.68. The minimum atomic E-state index is -3.59. The first kappa shape index (κ1) is 12.7. The van der Waals surface area contributed by atoms with Crippen molar-refractivity contribution in [3.8, 4) is 6.07 Å². The van der Waals surface area contributed by atoms with E-state index in [4.69, 9.17) is 16.9 Å². The largest absolute Gasteiger partial charge is 0.282 e. The summed E-state index contributed by atoms with van der Waals surface area (Å²) in [7, 11) is -3.59. The van der Waals surface area contributed by atoms with Gasteiger partial charge in [-0.15, -0.1) is 11.6 Å². The SMILES string of the molecule is N#Cc1cc(F)ccc1NS(=O)(=O)CCCl. The van der Waals surface area contributed by atoms with Gasteiger partial charge in [0.2, 0.25) is 10.0 Å². The van der Waals surface area contributed by atoms with Crippen LogP contribution in [0.4, 0.5) is 10.1 Å². The molecule has 0 aliphatic rings. The molecule has 0 atom stereocenters. The predicted molar refractivity (Wildman–Crippen MR) is 59.2 cm³/mol. The van der Waals surface area contributed by atoms with E-state index in [-0.39, 0.29) is 22.9 Å². The van der Waals surface area contributed by atoms with Crippen molar-refractivity contribution < 1.29 is 12.8 Å². The summed E-state index contributed by atoms with van der Waals surface area (Å²) in [6, 6.07) is 4.92. The standard InChI is InChI=1S/C9H8ClFN2O2S/c10-3-4-16(14,15)13-9-2-1-8(11)5-7(9)6-12/h1-2,5,13H,3-4H2. The van der Waals surface area contributed by atoms with Crippen LogP contribution in [0.15, 0.2) is 18.2 Å². The van der Waals surface area contributed by atoms with Crippen LogP contribution in [0.1, 0.15) is 5.56 Å². The van der Waals surface area contributed by atoms with Crippen molar-refractivity contribution in [1.82, 2.24) is 0 Å². The Morgan fingerprint density at radius 1 is 1.50 bits per heavy atom. The van der Waals surface area contributed by atoms with Gasteiger partial charge >= 0.3 is 0 Å². The summed E-state index contributed by atoms with van der Waals surface area (Å²) in [4.78, 5) is 0. The van der Waals surface area contributed by atoms with Gasteiger partial charge in [0.05, 0.1) is 17.0 Å². The number of sulfonamides is 1. The molecule has 0 heterocycles. The molecule has 16 heavy (non-hydrogen) atoms. The molecule has 0 aliphatic carbocycles. The van der Waals surface area contributed by atoms with Gasteiger partial charge in [-0.2, -0.15) is 5.26 Å². The molecule has 1 aromatic carbocycles. The first-order chi connectivity index (χ1) is 7.48. The summed E-state index contributed by atoms with van der Waals surface area (Å²) in [6.07, 6.45) is 0. The number of halogens is 2. The van der Waals surface area contributed by atoms with Crippen molar-refractivity contribution >= 4 is 27.3 Å². The number of alkyl halides is 1. The van der Waals surface area contributed by atoms with Gasteiger partial charge in [-0.3, -0.25) is 4.72 Å². The van der Waals surface area contributed by atoms with Gasteiger partial charge in [0.25, 0.3) is 0 Å². The van der Waals surface area contributed by atoms with Crippen LogP contribution in [-0.2, 0) is 10.0 Å². The molecular formula is C9H8ClFN2O2S. The lowest BCUT2D eigenvalue weighted by atomic mass is 10.2. The average Bonchev–Trinajstić information content (AvgIpc) is 2.20. The molecule has 0 bridgehead atoms.